The van der Waals surface area contributed by atoms with Gasteiger partial charge in [-0.25, -0.2) is 8.42 Å². The average molecular weight is 512 g/mol. The summed E-state index contributed by atoms with van der Waals surface area (Å²) >= 11 is 0. The van der Waals surface area contributed by atoms with Gasteiger partial charge in [-0.1, -0.05) is 12.1 Å². The largest absolute Gasteiger partial charge is 0.481 e. The molecule has 2 saturated heterocycles. The number of carbonyl (C=O) groups excluding carboxylic acids is 3. The van der Waals surface area contributed by atoms with E-state index in [0.29, 0.717) is 0 Å². The molecule has 2 fully saturated rings. The van der Waals surface area contributed by atoms with Crippen LogP contribution in [0.3, 0.4) is 0 Å². The molecule has 35 heavy (non-hydrogen) atoms. The van der Waals surface area contributed by atoms with E-state index < -0.39 is 68.0 Å². The number of carboxylic acid groups (broad SMARTS) is 1. The molecular formula is C20H25N5O9S. The number of aliphatic carboxylic acids is 1. The standard InChI is InChI=1S/C20H25N5O9S/c1-13-20(30)22(12-16(26)21-9-6-19(28)29)10-7-17-23(11-8-18(27)24(13)17)35(33,34)15-5-3-2-4-14(15)25(31)32/h2-5,13,17H,6-12H2,1H3,(H,21,26)(H,28,29). The Labute approximate surface area is 200 Å². The lowest BCUT2D eigenvalue weighted by molar-refractivity contribution is -0.387. The van der Waals surface area contributed by atoms with Gasteiger partial charge in [-0.2, -0.15) is 4.31 Å². The summed E-state index contributed by atoms with van der Waals surface area (Å²) in [5.74, 6) is -2.71. The van der Waals surface area contributed by atoms with Crippen molar-refractivity contribution in [1.29, 1.82) is 0 Å². The maximum atomic E-state index is 13.5. The first-order valence-electron chi connectivity index (χ1n) is 10.8. The number of nitrogens with zero attached hydrogens (tertiary/aromatic N) is 4. The third kappa shape index (κ3) is 5.40. The van der Waals surface area contributed by atoms with E-state index in [1.165, 1.54) is 24.0 Å². The molecule has 0 bridgehead atoms. The van der Waals surface area contributed by atoms with Gasteiger partial charge in [-0.05, 0) is 13.0 Å². The predicted molar refractivity (Wildman–Crippen MR) is 118 cm³/mol. The summed E-state index contributed by atoms with van der Waals surface area (Å²) < 4.78 is 28.0. The zero-order valence-corrected chi connectivity index (χ0v) is 19.6. The van der Waals surface area contributed by atoms with Gasteiger partial charge < -0.3 is 20.2 Å². The second-order valence-electron chi connectivity index (χ2n) is 8.09. The lowest BCUT2D eigenvalue weighted by atomic mass is 10.1. The Morgan fingerprint density at radius 1 is 1.23 bits per heavy atom. The Bertz CT molecular complexity index is 1160. The van der Waals surface area contributed by atoms with Crippen LogP contribution in [0.5, 0.6) is 0 Å². The van der Waals surface area contributed by atoms with E-state index >= 15 is 0 Å². The van der Waals surface area contributed by atoms with Crippen LogP contribution in [0, 0.1) is 10.1 Å². The van der Waals surface area contributed by atoms with Gasteiger partial charge in [0.1, 0.15) is 12.2 Å². The van der Waals surface area contributed by atoms with Crippen LogP contribution in [-0.2, 0) is 29.2 Å². The summed E-state index contributed by atoms with van der Waals surface area (Å²) in [6, 6.07) is 3.80. The highest BCUT2D eigenvalue weighted by Gasteiger charge is 2.48. The third-order valence-corrected chi connectivity index (χ3v) is 7.82. The molecule has 0 aromatic heterocycles. The molecule has 1 aromatic carbocycles. The molecule has 1 aromatic rings. The summed E-state index contributed by atoms with van der Waals surface area (Å²) in [5.41, 5.74) is -0.603. The van der Waals surface area contributed by atoms with Crippen molar-refractivity contribution in [2.45, 2.75) is 43.3 Å². The van der Waals surface area contributed by atoms with Crippen molar-refractivity contribution in [2.75, 3.05) is 26.2 Å². The molecule has 0 saturated carbocycles. The maximum absolute atomic E-state index is 13.5. The molecule has 2 unspecified atom stereocenters. The SMILES string of the molecule is CC1C(=O)N(CC(=O)NCCC(=O)O)CCC2N1C(=O)CCN2S(=O)(=O)c1ccccc1[N+](=O)[O-]. The van der Waals surface area contributed by atoms with E-state index in [2.05, 4.69) is 5.32 Å². The zero-order chi connectivity index (χ0) is 25.9. The normalized spacial score (nSPS) is 21.3. The number of carbonyl (C=O) groups is 4. The van der Waals surface area contributed by atoms with Gasteiger partial charge in [0.25, 0.3) is 15.7 Å². The Morgan fingerprint density at radius 2 is 1.91 bits per heavy atom. The molecule has 15 heteroatoms. The molecule has 2 atom stereocenters. The summed E-state index contributed by atoms with van der Waals surface area (Å²) in [6.45, 7) is 0.627. The minimum absolute atomic E-state index is 0.0237. The molecule has 2 aliphatic rings. The third-order valence-electron chi connectivity index (χ3n) is 5.88. The molecule has 2 aliphatic heterocycles. The quantitative estimate of drug-likeness (QED) is 0.338. The predicted octanol–water partition coefficient (Wildman–Crippen LogP) is -0.644. The second kappa shape index (κ2) is 10.4. The number of hydrogen-bond donors (Lipinski definition) is 2. The highest BCUT2D eigenvalue weighted by atomic mass is 32.2. The van der Waals surface area contributed by atoms with Crippen molar-refractivity contribution < 1.29 is 37.6 Å². The number of benzene rings is 1. The fourth-order valence-electron chi connectivity index (χ4n) is 4.24. The van der Waals surface area contributed by atoms with Crippen molar-refractivity contribution in [1.82, 2.24) is 19.4 Å². The van der Waals surface area contributed by atoms with Crippen LogP contribution in [0.1, 0.15) is 26.2 Å². The summed E-state index contributed by atoms with van der Waals surface area (Å²) in [5, 5.41) is 22.5. The average Bonchev–Trinajstić information content (AvgIpc) is 2.91. The van der Waals surface area contributed by atoms with Gasteiger partial charge in [0.05, 0.1) is 17.9 Å². The Kier molecular flexibility index (Phi) is 7.70. The summed E-state index contributed by atoms with van der Waals surface area (Å²) in [4.78, 5) is 61.0. The number of sulfonamides is 1. The van der Waals surface area contributed by atoms with Gasteiger partial charge in [0.15, 0.2) is 4.90 Å². The highest BCUT2D eigenvalue weighted by Crippen LogP contribution is 2.33. The molecule has 3 amide bonds. The van der Waals surface area contributed by atoms with Crippen molar-refractivity contribution in [2.24, 2.45) is 0 Å². The molecule has 190 valence electrons. The number of nitrogens with one attached hydrogen (secondary N) is 1. The van der Waals surface area contributed by atoms with Crippen molar-refractivity contribution >= 4 is 39.4 Å². The van der Waals surface area contributed by atoms with Crippen molar-refractivity contribution in [3.8, 4) is 0 Å². The van der Waals surface area contributed by atoms with Gasteiger partial charge in [0, 0.05) is 38.5 Å². The second-order valence-corrected chi connectivity index (χ2v) is 9.95. The number of para-hydroxylation sites is 1. The first-order valence-corrected chi connectivity index (χ1v) is 12.2. The van der Waals surface area contributed by atoms with E-state index in [0.717, 1.165) is 21.3 Å². The molecule has 14 nitrogen and oxygen atoms in total. The van der Waals surface area contributed by atoms with E-state index in [4.69, 9.17) is 5.11 Å². The number of amides is 3. The topological polar surface area (TPSA) is 188 Å². The smallest absolute Gasteiger partial charge is 0.305 e. The van der Waals surface area contributed by atoms with Crippen LogP contribution in [0.2, 0.25) is 0 Å². The monoisotopic (exact) mass is 511 g/mol. The molecule has 2 heterocycles. The Morgan fingerprint density at radius 3 is 2.57 bits per heavy atom. The lowest BCUT2D eigenvalue weighted by Crippen LogP contribution is -2.61. The van der Waals surface area contributed by atoms with Crippen LogP contribution >= 0.6 is 0 Å². The molecule has 0 aliphatic carbocycles. The number of hydrogen-bond acceptors (Lipinski definition) is 8. The lowest BCUT2D eigenvalue weighted by Gasteiger charge is -2.43. The van der Waals surface area contributed by atoms with E-state index in [-0.39, 0.29) is 38.9 Å². The van der Waals surface area contributed by atoms with Crippen LogP contribution in [0.25, 0.3) is 0 Å². The molecular weight excluding hydrogens is 486 g/mol. The fraction of sp³-hybridized carbons (Fsp3) is 0.500. The number of fused-ring (bicyclic) bond motifs is 1. The number of rotatable bonds is 8. The van der Waals surface area contributed by atoms with E-state index in [9.17, 15) is 37.7 Å². The van der Waals surface area contributed by atoms with Gasteiger partial charge in [-0.15, -0.1) is 0 Å². The van der Waals surface area contributed by atoms with Crippen molar-refractivity contribution in [3.63, 3.8) is 0 Å². The number of carboxylic acids is 1. The Hall–Kier alpha value is -3.59. The van der Waals surface area contributed by atoms with Gasteiger partial charge in [0.2, 0.25) is 17.7 Å². The maximum Gasteiger partial charge on any atom is 0.305 e. The number of nitro benzene ring substituents is 1. The molecule has 2 N–H and O–H groups in total. The first-order chi connectivity index (χ1) is 16.4. The molecule has 0 spiro atoms. The van der Waals surface area contributed by atoms with Crippen molar-refractivity contribution in [3.05, 3.63) is 34.4 Å². The minimum atomic E-state index is -4.42. The van der Waals surface area contributed by atoms with Crippen LogP contribution < -0.4 is 5.32 Å². The number of nitro groups is 1. The summed E-state index contributed by atoms with van der Waals surface area (Å²) in [6.07, 6.45) is -1.62. The zero-order valence-electron chi connectivity index (χ0n) is 18.8. The fourth-order valence-corrected chi connectivity index (χ4v) is 6.01. The molecule has 3 rings (SSSR count). The first kappa shape index (κ1) is 26.0. The van der Waals surface area contributed by atoms with Gasteiger partial charge >= 0.3 is 5.97 Å². The van der Waals surface area contributed by atoms with Crippen LogP contribution in [0.15, 0.2) is 29.2 Å². The highest BCUT2D eigenvalue weighted by molar-refractivity contribution is 7.89. The van der Waals surface area contributed by atoms with Gasteiger partial charge in [-0.3, -0.25) is 29.3 Å². The van der Waals surface area contributed by atoms with E-state index in [1.54, 1.807) is 0 Å². The minimum Gasteiger partial charge on any atom is -0.481 e. The van der Waals surface area contributed by atoms with Crippen LogP contribution in [0.4, 0.5) is 5.69 Å². The molecule has 0 radical (unpaired) electrons. The van der Waals surface area contributed by atoms with Crippen LogP contribution in [-0.4, -0.2) is 94.6 Å². The Balaban J connectivity index is 1.87. The summed E-state index contributed by atoms with van der Waals surface area (Å²) in [7, 11) is -4.42. The van der Waals surface area contributed by atoms with E-state index in [1.807, 2.05) is 0 Å².